The topological polar surface area (TPSA) is 104 Å². The molecule has 6 heteroatoms. The number of hydrogen-bond acceptors (Lipinski definition) is 6. The molecule has 0 saturated heterocycles. The number of hydrogen-bond donors (Lipinski definition) is 3. The number of aliphatic hydroxyl groups excluding tert-OH is 2. The number of cyclic esters (lactones) is 1. The number of esters is 1. The number of aliphatic hydroxyl groups is 3. The first-order chi connectivity index (χ1) is 7.97. The molecule has 0 aromatic heterocycles. The van der Waals surface area contributed by atoms with Crippen LogP contribution in [0.2, 0.25) is 0 Å². The zero-order valence-electron chi connectivity index (χ0n) is 9.55. The van der Waals surface area contributed by atoms with Crippen LogP contribution in [0.5, 0.6) is 0 Å². The third-order valence-corrected chi connectivity index (χ3v) is 2.48. The third-order valence-electron chi connectivity index (χ3n) is 2.48. The van der Waals surface area contributed by atoms with Crippen LogP contribution >= 0.6 is 0 Å². The van der Waals surface area contributed by atoms with Gasteiger partial charge in [-0.3, -0.25) is 4.79 Å². The summed E-state index contributed by atoms with van der Waals surface area (Å²) in [5, 5.41) is 27.1. The number of carbonyl (C=O) groups is 2. The molecule has 0 aliphatic carbocycles. The van der Waals surface area contributed by atoms with Crippen LogP contribution < -0.4 is 0 Å². The molecule has 0 fully saturated rings. The number of rotatable bonds is 6. The summed E-state index contributed by atoms with van der Waals surface area (Å²) >= 11 is 0. The van der Waals surface area contributed by atoms with E-state index in [0.717, 1.165) is 6.42 Å². The van der Waals surface area contributed by atoms with Gasteiger partial charge in [0.1, 0.15) is 5.57 Å². The summed E-state index contributed by atoms with van der Waals surface area (Å²) in [5.41, 5.74) is -0.357. The second-order valence-electron chi connectivity index (χ2n) is 3.90. The highest BCUT2D eigenvalue weighted by atomic mass is 16.6. The summed E-state index contributed by atoms with van der Waals surface area (Å²) < 4.78 is 4.69. The van der Waals surface area contributed by atoms with E-state index in [9.17, 15) is 14.7 Å². The Morgan fingerprint density at radius 3 is 2.65 bits per heavy atom. The monoisotopic (exact) mass is 244 g/mol. The fraction of sp³-hybridized carbons (Fsp3) is 0.636. The minimum atomic E-state index is -1.71. The Hall–Kier alpha value is -1.40. The predicted molar refractivity (Wildman–Crippen MR) is 56.9 cm³/mol. The second-order valence-corrected chi connectivity index (χ2v) is 3.90. The molecule has 17 heavy (non-hydrogen) atoms. The van der Waals surface area contributed by atoms with Crippen LogP contribution in [0.4, 0.5) is 0 Å². The van der Waals surface area contributed by atoms with Crippen molar-refractivity contribution in [2.24, 2.45) is 0 Å². The molecule has 1 aliphatic rings. The smallest absolute Gasteiger partial charge is 0.346 e. The van der Waals surface area contributed by atoms with Gasteiger partial charge in [0.05, 0.1) is 0 Å². The van der Waals surface area contributed by atoms with Crippen molar-refractivity contribution in [2.45, 2.75) is 45.0 Å². The number of unbranched alkanes of at least 4 members (excludes halogenated alkanes) is 1. The van der Waals surface area contributed by atoms with E-state index in [4.69, 9.17) is 14.9 Å². The summed E-state index contributed by atoms with van der Waals surface area (Å²) in [6.07, 6.45) is -1.60. The number of ether oxygens (including phenoxy) is 1. The zero-order chi connectivity index (χ0) is 13.0. The van der Waals surface area contributed by atoms with Gasteiger partial charge in [-0.2, -0.15) is 0 Å². The van der Waals surface area contributed by atoms with Crippen molar-refractivity contribution in [3.8, 4) is 0 Å². The summed E-state index contributed by atoms with van der Waals surface area (Å²) in [6.45, 7) is 1.90. The normalized spacial score (nSPS) is 20.0. The van der Waals surface area contributed by atoms with Crippen molar-refractivity contribution in [2.75, 3.05) is 0 Å². The van der Waals surface area contributed by atoms with E-state index >= 15 is 0 Å². The minimum Gasteiger partial charge on any atom is -0.507 e. The molecular weight excluding hydrogens is 228 g/mol. The lowest BCUT2D eigenvalue weighted by atomic mass is 10.0. The second kappa shape index (κ2) is 5.79. The van der Waals surface area contributed by atoms with Crippen LogP contribution in [0, 0.1) is 0 Å². The largest absolute Gasteiger partial charge is 0.507 e. The molecule has 1 aliphatic heterocycles. The van der Waals surface area contributed by atoms with Crippen molar-refractivity contribution in [3.05, 3.63) is 11.3 Å². The molecule has 0 aromatic rings. The molecule has 0 bridgehead atoms. The van der Waals surface area contributed by atoms with Gasteiger partial charge in [-0.25, -0.2) is 4.79 Å². The quantitative estimate of drug-likeness (QED) is 0.350. The van der Waals surface area contributed by atoms with Crippen LogP contribution in [0.15, 0.2) is 11.3 Å². The van der Waals surface area contributed by atoms with E-state index in [2.05, 4.69) is 0 Å². The van der Waals surface area contributed by atoms with E-state index in [1.807, 2.05) is 6.92 Å². The maximum Gasteiger partial charge on any atom is 0.346 e. The minimum absolute atomic E-state index is 0.166. The van der Waals surface area contributed by atoms with Crippen molar-refractivity contribution >= 4 is 11.8 Å². The summed E-state index contributed by atoms with van der Waals surface area (Å²) in [5.74, 6) is -1.86. The van der Waals surface area contributed by atoms with Gasteiger partial charge in [-0.1, -0.05) is 13.3 Å². The first-order valence-corrected chi connectivity index (χ1v) is 5.50. The summed E-state index contributed by atoms with van der Waals surface area (Å²) in [6, 6.07) is 0. The van der Waals surface area contributed by atoms with Crippen LogP contribution in [0.25, 0.3) is 0 Å². The van der Waals surface area contributed by atoms with Crippen molar-refractivity contribution < 1.29 is 29.6 Å². The lowest BCUT2D eigenvalue weighted by molar-refractivity contribution is -0.144. The van der Waals surface area contributed by atoms with Gasteiger partial charge in [0, 0.05) is 12.8 Å². The number of ketones is 1. The van der Waals surface area contributed by atoms with E-state index in [1.54, 1.807) is 0 Å². The molecule has 1 unspecified atom stereocenters. The molecule has 96 valence electrons. The molecule has 0 radical (unpaired) electrons. The Morgan fingerprint density at radius 1 is 1.47 bits per heavy atom. The summed E-state index contributed by atoms with van der Waals surface area (Å²) in [4.78, 5) is 23.0. The molecule has 3 N–H and O–H groups in total. The average molecular weight is 244 g/mol. The average Bonchev–Trinajstić information content (AvgIpc) is 2.50. The van der Waals surface area contributed by atoms with Gasteiger partial charge in [-0.05, 0) is 6.42 Å². The Kier molecular flexibility index (Phi) is 4.65. The van der Waals surface area contributed by atoms with Gasteiger partial charge in [-0.15, -0.1) is 0 Å². The van der Waals surface area contributed by atoms with Crippen LogP contribution in [0.1, 0.15) is 32.6 Å². The first kappa shape index (κ1) is 13.7. The van der Waals surface area contributed by atoms with E-state index < -0.39 is 29.9 Å². The van der Waals surface area contributed by atoms with Crippen molar-refractivity contribution in [1.82, 2.24) is 0 Å². The lowest BCUT2D eigenvalue weighted by Crippen LogP contribution is -2.19. The molecule has 1 rings (SSSR count). The van der Waals surface area contributed by atoms with Gasteiger partial charge in [0.2, 0.25) is 0 Å². The molecule has 0 aromatic carbocycles. The van der Waals surface area contributed by atoms with Crippen LogP contribution in [-0.2, 0) is 14.3 Å². The highest BCUT2D eigenvalue weighted by Crippen LogP contribution is 2.25. The SMILES string of the molecule is CCCCC(=O)C1=C(O)C(CC(O)O)OC1=O. The highest BCUT2D eigenvalue weighted by molar-refractivity contribution is 6.19. The maximum atomic E-state index is 11.6. The van der Waals surface area contributed by atoms with Crippen LogP contribution in [-0.4, -0.2) is 39.5 Å². The Labute approximate surface area is 98.5 Å². The number of carbonyl (C=O) groups excluding carboxylic acids is 2. The first-order valence-electron chi connectivity index (χ1n) is 5.50. The van der Waals surface area contributed by atoms with Crippen LogP contribution in [0.3, 0.4) is 0 Å². The van der Waals surface area contributed by atoms with Gasteiger partial charge in [0.25, 0.3) is 0 Å². The van der Waals surface area contributed by atoms with E-state index in [1.165, 1.54) is 0 Å². The Morgan fingerprint density at radius 2 is 2.12 bits per heavy atom. The Bertz CT molecular complexity index is 344. The maximum absolute atomic E-state index is 11.6. The fourth-order valence-corrected chi connectivity index (χ4v) is 1.58. The molecule has 0 saturated carbocycles. The van der Waals surface area contributed by atoms with Gasteiger partial charge < -0.3 is 20.1 Å². The highest BCUT2D eigenvalue weighted by Gasteiger charge is 2.38. The zero-order valence-corrected chi connectivity index (χ0v) is 9.55. The summed E-state index contributed by atoms with van der Waals surface area (Å²) in [7, 11) is 0. The lowest BCUT2D eigenvalue weighted by Gasteiger charge is -2.10. The third kappa shape index (κ3) is 3.28. The molecular formula is C11H16O6. The van der Waals surface area contributed by atoms with Gasteiger partial charge >= 0.3 is 5.97 Å². The van der Waals surface area contributed by atoms with E-state index in [0.29, 0.717) is 6.42 Å². The fourth-order valence-electron chi connectivity index (χ4n) is 1.58. The standard InChI is InChI=1S/C11H16O6/c1-2-3-4-6(12)9-10(15)7(5-8(13)14)17-11(9)16/h7-8,13-15H,2-5H2,1H3. The molecule has 6 nitrogen and oxygen atoms in total. The van der Waals surface area contributed by atoms with Crippen molar-refractivity contribution in [1.29, 1.82) is 0 Å². The number of Topliss-reactive ketones (excluding diaryl/α,β-unsaturated/α-hetero) is 1. The Balaban J connectivity index is 2.77. The predicted octanol–water partition coefficient (Wildman–Crippen LogP) is 0.184. The van der Waals surface area contributed by atoms with E-state index in [-0.39, 0.29) is 18.4 Å². The molecule has 1 atom stereocenters. The van der Waals surface area contributed by atoms with Gasteiger partial charge in [0.15, 0.2) is 23.9 Å². The molecule has 1 heterocycles. The van der Waals surface area contributed by atoms with Crippen molar-refractivity contribution in [3.63, 3.8) is 0 Å². The molecule has 0 amide bonds. The molecule has 0 spiro atoms.